The molecule has 0 aromatic carbocycles. The summed E-state index contributed by atoms with van der Waals surface area (Å²) in [6.45, 7) is 5.71. The first-order chi connectivity index (χ1) is 11.6. The number of carbonyl (C=O) groups excluding carboxylic acids is 1. The third kappa shape index (κ3) is 1.41. The van der Waals surface area contributed by atoms with E-state index < -0.39 is 51.9 Å². The summed E-state index contributed by atoms with van der Waals surface area (Å²) >= 11 is 0. The molecule has 0 amide bonds. The van der Waals surface area contributed by atoms with Crippen molar-refractivity contribution in [2.45, 2.75) is 62.8 Å². The van der Waals surface area contributed by atoms with E-state index in [2.05, 4.69) is 6.58 Å². The van der Waals surface area contributed by atoms with Gasteiger partial charge in [-0.25, -0.2) is 0 Å². The summed E-state index contributed by atoms with van der Waals surface area (Å²) in [5.41, 5.74) is -2.93. The molecule has 0 aromatic heterocycles. The fraction of sp³-hybridized carbons (Fsp3) is 0.789. The maximum atomic E-state index is 12.7. The highest BCUT2D eigenvalue weighted by molar-refractivity contribution is 5.85. The lowest BCUT2D eigenvalue weighted by molar-refractivity contribution is -0.164. The second-order valence-corrected chi connectivity index (χ2v) is 9.29. The zero-order valence-corrected chi connectivity index (χ0v) is 14.3. The van der Waals surface area contributed by atoms with Crippen LogP contribution in [0.4, 0.5) is 0 Å². The number of rotatable bonds is 1. The largest absolute Gasteiger partial charge is 0.481 e. The van der Waals surface area contributed by atoms with Crippen LogP contribution in [0.2, 0.25) is 0 Å². The smallest absolute Gasteiger partial charge is 0.315 e. The molecule has 1 spiro atoms. The molecular formula is C19H24O6. The molecule has 1 saturated heterocycles. The van der Waals surface area contributed by atoms with Crippen LogP contribution in [0.1, 0.15) is 45.4 Å². The van der Waals surface area contributed by atoms with Gasteiger partial charge in [0.15, 0.2) is 0 Å². The second-order valence-electron chi connectivity index (χ2n) is 9.29. The number of carboxylic acid groups (broad SMARTS) is 1. The quantitative estimate of drug-likeness (QED) is 0.487. The molecule has 1 aliphatic heterocycles. The normalized spacial score (nSPS) is 58.7. The van der Waals surface area contributed by atoms with Gasteiger partial charge in [-0.2, -0.15) is 0 Å². The average molecular weight is 348 g/mol. The highest BCUT2D eigenvalue weighted by Crippen LogP contribution is 2.78. The topological polar surface area (TPSA) is 104 Å². The number of hydrogen-bond donors (Lipinski definition) is 3. The first kappa shape index (κ1) is 15.8. The molecule has 7 unspecified atom stereocenters. The standard InChI is InChI=1S/C19H24O6/c1-9-7-17-8-18(9,24)5-3-10(17)19-6-4-11(20)16(2,15(23)25-19)13(19)12(17)14(21)22/h10-13,20,24H,1,3-8H2,2H3,(H,21,22)/t10?,11?,12?,13?,16?,17?,18-,19?/m0/s1. The van der Waals surface area contributed by atoms with Crippen LogP contribution in [0.5, 0.6) is 0 Å². The lowest BCUT2D eigenvalue weighted by Gasteiger charge is -2.45. The molecular weight excluding hydrogens is 324 g/mol. The van der Waals surface area contributed by atoms with Gasteiger partial charge in [0.1, 0.15) is 5.60 Å². The van der Waals surface area contributed by atoms with Crippen LogP contribution in [0.15, 0.2) is 12.2 Å². The number of fused-ring (bicyclic) bond motifs is 1. The summed E-state index contributed by atoms with van der Waals surface area (Å²) in [7, 11) is 0. The van der Waals surface area contributed by atoms with Gasteiger partial charge in [0, 0.05) is 11.8 Å². The summed E-state index contributed by atoms with van der Waals surface area (Å²) in [4.78, 5) is 25.1. The van der Waals surface area contributed by atoms with Crippen molar-refractivity contribution in [3.63, 3.8) is 0 Å². The zero-order chi connectivity index (χ0) is 18.0. The lowest BCUT2D eigenvalue weighted by Crippen LogP contribution is -2.53. The first-order valence-corrected chi connectivity index (χ1v) is 9.17. The predicted octanol–water partition coefficient (Wildman–Crippen LogP) is 1.25. The Labute approximate surface area is 145 Å². The Bertz CT molecular complexity index is 731. The van der Waals surface area contributed by atoms with Gasteiger partial charge < -0.3 is 20.1 Å². The van der Waals surface area contributed by atoms with E-state index in [0.717, 1.165) is 0 Å². The average Bonchev–Trinajstić information content (AvgIpc) is 2.95. The van der Waals surface area contributed by atoms with Crippen molar-refractivity contribution in [3.05, 3.63) is 12.2 Å². The number of aliphatic hydroxyl groups is 2. The fourth-order valence-electron chi connectivity index (χ4n) is 7.65. The SMILES string of the molecule is C=C1CC23C[C@@]1(O)CCC2C12CCC(O)C(C)(C(=O)O1)C2C3C(=O)O. The Kier molecular flexibility index (Phi) is 2.61. The Balaban J connectivity index is 1.76. The number of hydrogen-bond acceptors (Lipinski definition) is 5. The highest BCUT2D eigenvalue weighted by Gasteiger charge is 2.84. The third-order valence-electron chi connectivity index (χ3n) is 8.57. The number of aliphatic carboxylic acids is 1. The lowest BCUT2D eigenvalue weighted by atomic mass is 9.59. The van der Waals surface area contributed by atoms with Crippen molar-refractivity contribution in [2.24, 2.45) is 28.6 Å². The van der Waals surface area contributed by atoms with Crippen molar-refractivity contribution in [1.82, 2.24) is 0 Å². The maximum Gasteiger partial charge on any atom is 0.315 e. The van der Waals surface area contributed by atoms with Crippen LogP contribution >= 0.6 is 0 Å². The van der Waals surface area contributed by atoms with E-state index in [1.807, 2.05) is 0 Å². The Hall–Kier alpha value is -1.40. The molecule has 5 rings (SSSR count). The maximum absolute atomic E-state index is 12.7. The van der Waals surface area contributed by atoms with Gasteiger partial charge in [0.05, 0.1) is 23.0 Å². The van der Waals surface area contributed by atoms with Crippen LogP contribution in [0.3, 0.4) is 0 Å². The fourth-order valence-corrected chi connectivity index (χ4v) is 7.65. The van der Waals surface area contributed by atoms with E-state index in [1.54, 1.807) is 6.92 Å². The third-order valence-corrected chi connectivity index (χ3v) is 8.57. The van der Waals surface area contributed by atoms with Crippen molar-refractivity contribution in [2.75, 3.05) is 0 Å². The van der Waals surface area contributed by atoms with Gasteiger partial charge in [-0.05, 0) is 56.4 Å². The summed E-state index contributed by atoms with van der Waals surface area (Å²) in [6.07, 6.45) is 2.08. The minimum absolute atomic E-state index is 0.0936. The van der Waals surface area contributed by atoms with Gasteiger partial charge in [0.2, 0.25) is 0 Å². The molecule has 0 radical (unpaired) electrons. The molecule has 5 fully saturated rings. The number of aliphatic hydroxyl groups excluding tert-OH is 1. The minimum atomic E-state index is -1.19. The van der Waals surface area contributed by atoms with E-state index >= 15 is 0 Å². The van der Waals surface area contributed by atoms with Gasteiger partial charge in [-0.3, -0.25) is 9.59 Å². The predicted molar refractivity (Wildman–Crippen MR) is 85.3 cm³/mol. The molecule has 8 atom stereocenters. The molecule has 4 saturated carbocycles. The van der Waals surface area contributed by atoms with Gasteiger partial charge in [-0.1, -0.05) is 6.58 Å². The monoisotopic (exact) mass is 348 g/mol. The van der Waals surface area contributed by atoms with Crippen LogP contribution in [0.25, 0.3) is 0 Å². The molecule has 5 aliphatic rings. The Morgan fingerprint density at radius 2 is 2.04 bits per heavy atom. The molecule has 6 heteroatoms. The summed E-state index contributed by atoms with van der Waals surface area (Å²) in [5.74, 6) is -2.86. The van der Waals surface area contributed by atoms with Crippen LogP contribution in [-0.2, 0) is 14.3 Å². The van der Waals surface area contributed by atoms with Crippen molar-refractivity contribution >= 4 is 11.9 Å². The number of carboxylic acids is 1. The first-order valence-electron chi connectivity index (χ1n) is 9.17. The minimum Gasteiger partial charge on any atom is -0.481 e. The van der Waals surface area contributed by atoms with Gasteiger partial charge >= 0.3 is 11.9 Å². The second kappa shape index (κ2) is 4.12. The highest BCUT2D eigenvalue weighted by atomic mass is 16.6. The van der Waals surface area contributed by atoms with Crippen LogP contribution < -0.4 is 0 Å². The zero-order valence-electron chi connectivity index (χ0n) is 14.3. The van der Waals surface area contributed by atoms with Crippen LogP contribution in [0, 0.1) is 28.6 Å². The van der Waals surface area contributed by atoms with E-state index in [9.17, 15) is 24.9 Å². The summed E-state index contributed by atoms with van der Waals surface area (Å²) in [6, 6.07) is 0. The van der Waals surface area contributed by atoms with Gasteiger partial charge in [-0.15, -0.1) is 0 Å². The van der Waals surface area contributed by atoms with Crippen LogP contribution in [-0.4, -0.2) is 44.6 Å². The van der Waals surface area contributed by atoms with Crippen molar-refractivity contribution < 1.29 is 29.6 Å². The van der Waals surface area contributed by atoms with E-state index in [4.69, 9.17) is 4.74 Å². The number of carbonyl (C=O) groups is 2. The van der Waals surface area contributed by atoms with Crippen molar-refractivity contribution in [3.8, 4) is 0 Å². The molecule has 136 valence electrons. The van der Waals surface area contributed by atoms with E-state index in [1.165, 1.54) is 0 Å². The molecule has 0 aromatic rings. The summed E-state index contributed by atoms with van der Waals surface area (Å²) in [5, 5.41) is 31.7. The number of esters is 1. The molecule has 4 aliphatic carbocycles. The molecule has 6 nitrogen and oxygen atoms in total. The molecule has 1 heterocycles. The van der Waals surface area contributed by atoms with Crippen molar-refractivity contribution in [1.29, 1.82) is 0 Å². The summed E-state index contributed by atoms with van der Waals surface area (Å²) < 4.78 is 5.96. The Morgan fingerprint density at radius 1 is 1.32 bits per heavy atom. The molecule has 25 heavy (non-hydrogen) atoms. The van der Waals surface area contributed by atoms with E-state index in [-0.39, 0.29) is 5.92 Å². The van der Waals surface area contributed by atoms with E-state index in [0.29, 0.717) is 44.1 Å². The van der Waals surface area contributed by atoms with Gasteiger partial charge in [0.25, 0.3) is 0 Å². The number of ether oxygens (including phenoxy) is 1. The molecule has 4 bridgehead atoms. The molecule has 3 N–H and O–H groups in total. The Morgan fingerprint density at radius 3 is 2.72 bits per heavy atom.